The molecule has 1 N–H and O–H groups in total. The molecule has 26 heavy (non-hydrogen) atoms. The number of nitrogens with zero attached hydrogens (tertiary/aromatic N) is 1. The van der Waals surface area contributed by atoms with Crippen molar-refractivity contribution < 1.29 is 24.2 Å². The van der Waals surface area contributed by atoms with Crippen LogP contribution in [0.15, 0.2) is 12.1 Å². The minimum atomic E-state index is -1.01. The molecule has 0 spiro atoms. The summed E-state index contributed by atoms with van der Waals surface area (Å²) in [5, 5.41) is 8.78. The number of carbonyl (C=O) groups excluding carboxylic acids is 1. The van der Waals surface area contributed by atoms with Crippen molar-refractivity contribution in [1.82, 2.24) is 4.90 Å². The van der Waals surface area contributed by atoms with Crippen molar-refractivity contribution in [2.45, 2.75) is 33.1 Å². The third-order valence-electron chi connectivity index (χ3n) is 5.49. The predicted molar refractivity (Wildman–Crippen MR) is 96.6 cm³/mol. The third kappa shape index (κ3) is 4.18. The molecule has 1 unspecified atom stereocenters. The van der Waals surface area contributed by atoms with Crippen molar-refractivity contribution in [3.8, 4) is 5.75 Å². The molecule has 1 atom stereocenters. The highest BCUT2D eigenvalue weighted by Gasteiger charge is 2.33. The summed E-state index contributed by atoms with van der Waals surface area (Å²) in [6.45, 7) is 6.60. The van der Waals surface area contributed by atoms with Crippen LogP contribution in [0.1, 0.15) is 40.7 Å². The third-order valence-corrected chi connectivity index (χ3v) is 5.49. The number of benzene rings is 1. The maximum absolute atomic E-state index is 12.9. The van der Waals surface area contributed by atoms with Gasteiger partial charge in [-0.15, -0.1) is 0 Å². The van der Waals surface area contributed by atoms with E-state index in [0.717, 1.165) is 56.7 Å². The second kappa shape index (κ2) is 8.08. The quantitative estimate of drug-likeness (QED) is 0.873. The number of rotatable bonds is 5. The summed E-state index contributed by atoms with van der Waals surface area (Å²) in [7, 11) is 0. The Balaban J connectivity index is 1.67. The number of carbonyl (C=O) groups is 2. The van der Waals surface area contributed by atoms with Gasteiger partial charge in [0.25, 0.3) is 5.91 Å². The zero-order chi connectivity index (χ0) is 18.7. The standard InChI is InChI=1S/C20H27NO5/c1-13-9-17(10-14(2)19(13)26-12-18(22)23)20(24)21-6-3-16(11-21)15-4-7-25-8-5-15/h9-10,15-16H,3-8,11-12H2,1-2H3,(H,22,23). The van der Waals surface area contributed by atoms with Gasteiger partial charge in [-0.2, -0.15) is 0 Å². The van der Waals surface area contributed by atoms with Crippen LogP contribution in [0.3, 0.4) is 0 Å². The van der Waals surface area contributed by atoms with Crippen LogP contribution in [0.25, 0.3) is 0 Å². The molecule has 2 saturated heterocycles. The Morgan fingerprint density at radius 2 is 1.81 bits per heavy atom. The van der Waals surface area contributed by atoms with Gasteiger partial charge in [0, 0.05) is 31.9 Å². The molecule has 1 aromatic carbocycles. The topological polar surface area (TPSA) is 76.1 Å². The molecule has 2 aliphatic heterocycles. The van der Waals surface area contributed by atoms with Crippen LogP contribution in [-0.4, -0.2) is 54.8 Å². The smallest absolute Gasteiger partial charge is 0.341 e. The first kappa shape index (κ1) is 18.7. The van der Waals surface area contributed by atoms with Crippen LogP contribution in [-0.2, 0) is 9.53 Å². The Morgan fingerprint density at radius 3 is 2.42 bits per heavy atom. The van der Waals surface area contributed by atoms with E-state index in [1.165, 1.54) is 0 Å². The van der Waals surface area contributed by atoms with E-state index in [9.17, 15) is 9.59 Å². The number of hydrogen-bond acceptors (Lipinski definition) is 4. The van der Waals surface area contributed by atoms with E-state index < -0.39 is 5.97 Å². The van der Waals surface area contributed by atoms with Crippen LogP contribution in [0.5, 0.6) is 5.75 Å². The van der Waals surface area contributed by atoms with Gasteiger partial charge in [-0.25, -0.2) is 4.79 Å². The number of aryl methyl sites for hydroxylation is 2. The van der Waals surface area contributed by atoms with Crippen molar-refractivity contribution in [2.75, 3.05) is 32.9 Å². The summed E-state index contributed by atoms with van der Waals surface area (Å²) in [4.78, 5) is 25.6. The van der Waals surface area contributed by atoms with E-state index in [0.29, 0.717) is 23.1 Å². The van der Waals surface area contributed by atoms with Crippen LogP contribution in [0, 0.1) is 25.7 Å². The maximum Gasteiger partial charge on any atom is 0.341 e. The lowest BCUT2D eigenvalue weighted by molar-refractivity contribution is -0.139. The molecular weight excluding hydrogens is 334 g/mol. The molecule has 0 radical (unpaired) electrons. The average molecular weight is 361 g/mol. The molecule has 0 bridgehead atoms. The van der Waals surface area contributed by atoms with Crippen molar-refractivity contribution >= 4 is 11.9 Å². The first-order valence-electron chi connectivity index (χ1n) is 9.28. The highest BCUT2D eigenvalue weighted by atomic mass is 16.5. The van der Waals surface area contributed by atoms with E-state index in [2.05, 4.69) is 0 Å². The van der Waals surface area contributed by atoms with Crippen LogP contribution in [0.2, 0.25) is 0 Å². The van der Waals surface area contributed by atoms with Crippen molar-refractivity contribution in [1.29, 1.82) is 0 Å². The summed E-state index contributed by atoms with van der Waals surface area (Å²) in [5.41, 5.74) is 2.22. The molecule has 6 heteroatoms. The summed E-state index contributed by atoms with van der Waals surface area (Å²) >= 11 is 0. The zero-order valence-corrected chi connectivity index (χ0v) is 15.5. The second-order valence-corrected chi connectivity index (χ2v) is 7.37. The van der Waals surface area contributed by atoms with Gasteiger partial charge in [0.2, 0.25) is 0 Å². The average Bonchev–Trinajstić information content (AvgIpc) is 3.11. The minimum absolute atomic E-state index is 0.0514. The number of carboxylic acid groups (broad SMARTS) is 1. The molecule has 2 fully saturated rings. The van der Waals surface area contributed by atoms with Gasteiger partial charge in [0.1, 0.15) is 5.75 Å². The van der Waals surface area contributed by atoms with Gasteiger partial charge in [-0.05, 0) is 68.2 Å². The van der Waals surface area contributed by atoms with Crippen molar-refractivity contribution in [2.24, 2.45) is 11.8 Å². The highest BCUT2D eigenvalue weighted by Crippen LogP contribution is 2.32. The molecule has 1 amide bonds. The Labute approximate surface area is 154 Å². The number of aliphatic carboxylic acids is 1. The minimum Gasteiger partial charge on any atom is -0.481 e. The first-order valence-corrected chi connectivity index (χ1v) is 9.28. The number of hydrogen-bond donors (Lipinski definition) is 1. The van der Waals surface area contributed by atoms with E-state index >= 15 is 0 Å². The SMILES string of the molecule is Cc1cc(C(=O)N2CCC(C3CCOCC3)C2)cc(C)c1OCC(=O)O. The lowest BCUT2D eigenvalue weighted by Crippen LogP contribution is -2.31. The molecule has 0 aromatic heterocycles. The summed E-state index contributed by atoms with van der Waals surface area (Å²) < 4.78 is 10.8. The predicted octanol–water partition coefficient (Wildman–Crippen LogP) is 2.66. The van der Waals surface area contributed by atoms with E-state index in [-0.39, 0.29) is 12.5 Å². The van der Waals surface area contributed by atoms with Gasteiger partial charge in [-0.1, -0.05) is 0 Å². The molecule has 0 aliphatic carbocycles. The van der Waals surface area contributed by atoms with E-state index in [1.54, 1.807) is 12.1 Å². The second-order valence-electron chi connectivity index (χ2n) is 7.37. The first-order chi connectivity index (χ1) is 12.5. The van der Waals surface area contributed by atoms with Crippen molar-refractivity contribution in [3.63, 3.8) is 0 Å². The lowest BCUT2D eigenvalue weighted by Gasteiger charge is -2.27. The van der Waals surface area contributed by atoms with Gasteiger partial charge < -0.3 is 19.5 Å². The van der Waals surface area contributed by atoms with Crippen LogP contribution < -0.4 is 4.74 Å². The molecular formula is C20H27NO5. The molecule has 6 nitrogen and oxygen atoms in total. The van der Waals surface area contributed by atoms with E-state index in [4.69, 9.17) is 14.6 Å². The fraction of sp³-hybridized carbons (Fsp3) is 0.600. The lowest BCUT2D eigenvalue weighted by atomic mass is 9.85. The number of amides is 1. The maximum atomic E-state index is 12.9. The number of ether oxygens (including phenoxy) is 2. The zero-order valence-electron chi connectivity index (χ0n) is 15.5. The Morgan fingerprint density at radius 1 is 1.15 bits per heavy atom. The fourth-order valence-electron chi connectivity index (χ4n) is 4.16. The highest BCUT2D eigenvalue weighted by molar-refractivity contribution is 5.95. The monoisotopic (exact) mass is 361 g/mol. The summed E-state index contributed by atoms with van der Waals surface area (Å²) in [6.07, 6.45) is 3.26. The molecule has 0 saturated carbocycles. The van der Waals surface area contributed by atoms with Crippen LogP contribution >= 0.6 is 0 Å². The molecule has 3 rings (SSSR count). The summed E-state index contributed by atoms with van der Waals surface area (Å²) in [5.74, 6) is 0.821. The Bertz CT molecular complexity index is 658. The number of carboxylic acids is 1. The molecule has 142 valence electrons. The largest absolute Gasteiger partial charge is 0.481 e. The molecule has 1 aromatic rings. The fourth-order valence-corrected chi connectivity index (χ4v) is 4.16. The Hall–Kier alpha value is -2.08. The summed E-state index contributed by atoms with van der Waals surface area (Å²) in [6, 6.07) is 3.60. The van der Waals surface area contributed by atoms with Crippen LogP contribution in [0.4, 0.5) is 0 Å². The van der Waals surface area contributed by atoms with E-state index in [1.807, 2.05) is 18.7 Å². The van der Waals surface area contributed by atoms with Gasteiger partial charge in [0.15, 0.2) is 6.61 Å². The molecule has 2 aliphatic rings. The van der Waals surface area contributed by atoms with Gasteiger partial charge >= 0.3 is 5.97 Å². The van der Waals surface area contributed by atoms with Crippen molar-refractivity contribution in [3.05, 3.63) is 28.8 Å². The normalized spacial score (nSPS) is 21.0. The number of likely N-dealkylation sites (tertiary alicyclic amines) is 1. The van der Waals surface area contributed by atoms with Gasteiger partial charge in [0.05, 0.1) is 0 Å². The molecule has 2 heterocycles. The Kier molecular flexibility index (Phi) is 5.81. The van der Waals surface area contributed by atoms with Gasteiger partial charge in [-0.3, -0.25) is 4.79 Å².